The van der Waals surface area contributed by atoms with Crippen LogP contribution in [0.2, 0.25) is 0 Å². The monoisotopic (exact) mass is 344 g/mol. The van der Waals surface area contributed by atoms with E-state index >= 15 is 0 Å². The van der Waals surface area contributed by atoms with E-state index in [4.69, 9.17) is 0 Å². The molecule has 1 atom stereocenters. The highest BCUT2D eigenvalue weighted by Crippen LogP contribution is 2.17. The first kappa shape index (κ1) is 16.7. The number of nitrogens with one attached hydrogen (secondary N) is 2. The normalized spacial score (nSPS) is 12.0. The largest absolute Gasteiger partial charge is 0.372 e. The zero-order valence-electron chi connectivity index (χ0n) is 12.1. The van der Waals surface area contributed by atoms with Crippen LogP contribution in [-0.2, 0) is 11.3 Å². The molecule has 1 amide bonds. The maximum Gasteiger partial charge on any atom is 0.283 e. The Hall–Kier alpha value is -1.37. The molecule has 0 bridgehead atoms. The first-order valence-corrected chi connectivity index (χ1v) is 7.60. The van der Waals surface area contributed by atoms with E-state index in [-0.39, 0.29) is 11.5 Å². The van der Waals surface area contributed by atoms with Crippen LogP contribution in [0.5, 0.6) is 0 Å². The number of aromatic nitrogens is 2. The predicted octanol–water partition coefficient (Wildman–Crippen LogP) is 1.74. The first-order chi connectivity index (χ1) is 9.51. The van der Waals surface area contributed by atoms with Crippen LogP contribution in [0.25, 0.3) is 0 Å². The predicted molar refractivity (Wildman–Crippen MR) is 82.9 cm³/mol. The van der Waals surface area contributed by atoms with Gasteiger partial charge in [0.2, 0.25) is 5.91 Å². The van der Waals surface area contributed by atoms with E-state index in [9.17, 15) is 9.59 Å². The van der Waals surface area contributed by atoms with E-state index in [1.54, 1.807) is 13.1 Å². The van der Waals surface area contributed by atoms with Gasteiger partial charge in [0.1, 0.15) is 10.5 Å². The molecule has 0 aromatic carbocycles. The van der Waals surface area contributed by atoms with Crippen molar-refractivity contribution >= 4 is 27.5 Å². The molecule has 0 spiro atoms. The lowest BCUT2D eigenvalue weighted by Crippen LogP contribution is -2.38. The number of likely N-dealkylation sites (N-methyl/N-ethyl adjacent to an activating group) is 1. The molecule has 1 rings (SSSR count). The van der Waals surface area contributed by atoms with Crippen molar-refractivity contribution in [2.75, 3.05) is 11.9 Å². The summed E-state index contributed by atoms with van der Waals surface area (Å²) in [7, 11) is 0. The standard InChI is InChI=1S/C13H21BrN4O2/c1-4-6-7-18-13(20)11(14)10(8-16-18)17-9(3)12(19)15-5-2/h8-9,17H,4-7H2,1-3H3,(H,15,19). The Morgan fingerprint density at radius 3 is 2.80 bits per heavy atom. The van der Waals surface area contributed by atoms with Crippen molar-refractivity contribution in [3.63, 3.8) is 0 Å². The average Bonchev–Trinajstić information content (AvgIpc) is 2.43. The van der Waals surface area contributed by atoms with Gasteiger partial charge in [0.15, 0.2) is 0 Å². The van der Waals surface area contributed by atoms with Crippen LogP contribution < -0.4 is 16.2 Å². The van der Waals surface area contributed by atoms with E-state index in [1.165, 1.54) is 4.68 Å². The second-order valence-corrected chi connectivity index (χ2v) is 5.31. The molecule has 112 valence electrons. The molecule has 1 aromatic rings. The molecule has 20 heavy (non-hydrogen) atoms. The highest BCUT2D eigenvalue weighted by Gasteiger charge is 2.15. The van der Waals surface area contributed by atoms with E-state index in [0.717, 1.165) is 12.8 Å². The topological polar surface area (TPSA) is 76.0 Å². The maximum atomic E-state index is 12.1. The smallest absolute Gasteiger partial charge is 0.283 e. The van der Waals surface area contributed by atoms with Gasteiger partial charge in [-0.2, -0.15) is 5.10 Å². The minimum absolute atomic E-state index is 0.116. The number of aryl methyl sites for hydroxylation is 1. The van der Waals surface area contributed by atoms with Gasteiger partial charge < -0.3 is 10.6 Å². The number of unbranched alkanes of at least 4 members (excludes halogenated alkanes) is 1. The summed E-state index contributed by atoms with van der Waals surface area (Å²) in [5, 5.41) is 9.82. The van der Waals surface area contributed by atoms with Gasteiger partial charge in [-0.25, -0.2) is 4.68 Å². The summed E-state index contributed by atoms with van der Waals surface area (Å²) in [5.41, 5.74) is 0.341. The van der Waals surface area contributed by atoms with Gasteiger partial charge in [0, 0.05) is 13.1 Å². The fourth-order valence-corrected chi connectivity index (χ4v) is 2.08. The minimum Gasteiger partial charge on any atom is -0.372 e. The SMILES string of the molecule is CCCCn1ncc(NC(C)C(=O)NCC)c(Br)c1=O. The quantitative estimate of drug-likeness (QED) is 0.789. The van der Waals surface area contributed by atoms with Crippen LogP contribution in [0, 0.1) is 0 Å². The second kappa shape index (κ2) is 8.04. The summed E-state index contributed by atoms with van der Waals surface area (Å²) in [4.78, 5) is 23.7. The van der Waals surface area contributed by atoms with Crippen LogP contribution in [0.3, 0.4) is 0 Å². The van der Waals surface area contributed by atoms with Crippen LogP contribution in [0.15, 0.2) is 15.5 Å². The summed E-state index contributed by atoms with van der Waals surface area (Å²) >= 11 is 3.27. The molecule has 6 nitrogen and oxygen atoms in total. The number of halogens is 1. The molecule has 1 aromatic heterocycles. The van der Waals surface area contributed by atoms with Crippen molar-refractivity contribution in [1.29, 1.82) is 0 Å². The van der Waals surface area contributed by atoms with Gasteiger partial charge in [0.05, 0.1) is 11.9 Å². The number of hydrogen-bond donors (Lipinski definition) is 2. The Morgan fingerprint density at radius 2 is 2.20 bits per heavy atom. The third kappa shape index (κ3) is 4.33. The van der Waals surface area contributed by atoms with Crippen molar-refractivity contribution in [2.24, 2.45) is 0 Å². The van der Waals surface area contributed by atoms with E-state index in [1.807, 2.05) is 6.92 Å². The molecule has 0 aliphatic rings. The Kier molecular flexibility index (Phi) is 6.70. The number of amides is 1. The third-order valence-corrected chi connectivity index (χ3v) is 3.59. The molecule has 0 saturated carbocycles. The molecule has 0 aliphatic carbocycles. The number of rotatable bonds is 7. The number of carbonyl (C=O) groups is 1. The molecule has 0 fully saturated rings. The van der Waals surface area contributed by atoms with Crippen molar-refractivity contribution in [1.82, 2.24) is 15.1 Å². The molecule has 1 unspecified atom stereocenters. The average molecular weight is 345 g/mol. The van der Waals surface area contributed by atoms with Gasteiger partial charge >= 0.3 is 0 Å². The Bertz CT molecular complexity index is 516. The molecule has 7 heteroatoms. The van der Waals surface area contributed by atoms with Crippen LogP contribution in [0.1, 0.15) is 33.6 Å². The first-order valence-electron chi connectivity index (χ1n) is 6.81. The van der Waals surface area contributed by atoms with Gasteiger partial charge in [0.25, 0.3) is 5.56 Å². The fraction of sp³-hybridized carbons (Fsp3) is 0.615. The van der Waals surface area contributed by atoms with Crippen LogP contribution >= 0.6 is 15.9 Å². The molecule has 2 N–H and O–H groups in total. The summed E-state index contributed by atoms with van der Waals surface area (Å²) in [6.07, 6.45) is 3.47. The summed E-state index contributed by atoms with van der Waals surface area (Å²) in [6, 6.07) is -0.432. The number of hydrogen-bond acceptors (Lipinski definition) is 4. The van der Waals surface area contributed by atoms with Crippen molar-refractivity contribution in [3.05, 3.63) is 21.0 Å². The zero-order valence-corrected chi connectivity index (χ0v) is 13.7. The Balaban J connectivity index is 2.85. The van der Waals surface area contributed by atoms with Crippen LogP contribution in [0.4, 0.5) is 5.69 Å². The van der Waals surface area contributed by atoms with E-state index < -0.39 is 6.04 Å². The highest BCUT2D eigenvalue weighted by atomic mass is 79.9. The lowest BCUT2D eigenvalue weighted by Gasteiger charge is -2.16. The van der Waals surface area contributed by atoms with Gasteiger partial charge in [-0.15, -0.1) is 0 Å². The summed E-state index contributed by atoms with van der Waals surface area (Å²) in [5.74, 6) is -0.116. The van der Waals surface area contributed by atoms with Crippen molar-refractivity contribution in [3.8, 4) is 0 Å². The van der Waals surface area contributed by atoms with E-state index in [0.29, 0.717) is 23.2 Å². The minimum atomic E-state index is -0.432. The molecule has 0 aliphatic heterocycles. The Labute approximate surface area is 127 Å². The molecule has 0 saturated heterocycles. The van der Waals surface area contributed by atoms with Crippen molar-refractivity contribution in [2.45, 2.75) is 46.2 Å². The second-order valence-electron chi connectivity index (χ2n) is 4.51. The highest BCUT2D eigenvalue weighted by molar-refractivity contribution is 9.10. The maximum absolute atomic E-state index is 12.1. The summed E-state index contributed by atoms with van der Waals surface area (Å²) < 4.78 is 1.83. The lowest BCUT2D eigenvalue weighted by molar-refractivity contribution is -0.121. The van der Waals surface area contributed by atoms with Crippen molar-refractivity contribution < 1.29 is 4.79 Å². The number of carbonyl (C=O) groups excluding carboxylic acids is 1. The van der Waals surface area contributed by atoms with Crippen LogP contribution in [-0.4, -0.2) is 28.3 Å². The number of nitrogens with zero attached hydrogens (tertiary/aromatic N) is 2. The van der Waals surface area contributed by atoms with Gasteiger partial charge in [-0.05, 0) is 36.2 Å². The fourth-order valence-electron chi connectivity index (χ4n) is 1.66. The van der Waals surface area contributed by atoms with Gasteiger partial charge in [-0.3, -0.25) is 9.59 Å². The molecular weight excluding hydrogens is 324 g/mol. The van der Waals surface area contributed by atoms with E-state index in [2.05, 4.69) is 38.6 Å². The number of anilines is 1. The zero-order chi connectivity index (χ0) is 15.1. The molecular formula is C13H21BrN4O2. The summed E-state index contributed by atoms with van der Waals surface area (Å²) in [6.45, 7) is 6.82. The third-order valence-electron chi connectivity index (χ3n) is 2.82. The van der Waals surface area contributed by atoms with Gasteiger partial charge in [-0.1, -0.05) is 13.3 Å². The Morgan fingerprint density at radius 1 is 1.50 bits per heavy atom. The molecule has 0 radical (unpaired) electrons. The lowest BCUT2D eigenvalue weighted by atomic mass is 10.3. The molecule has 1 heterocycles.